The Morgan fingerprint density at radius 3 is 2.00 bits per heavy atom. The largest absolute Gasteiger partial charge is 2.00 e. The van der Waals surface area contributed by atoms with E-state index in [1.54, 1.807) is 0 Å². The second kappa shape index (κ2) is 11.3. The summed E-state index contributed by atoms with van der Waals surface area (Å²) in [4.78, 5) is 0. The van der Waals surface area contributed by atoms with E-state index >= 15 is 0 Å². The average Bonchev–Trinajstić information content (AvgIpc) is 2.19. The third kappa shape index (κ3) is 7.62. The quantitative estimate of drug-likeness (QED) is 0.425. The van der Waals surface area contributed by atoms with Crippen LogP contribution in [0.25, 0.3) is 0 Å². The van der Waals surface area contributed by atoms with E-state index in [1.165, 1.54) is 0 Å². The summed E-state index contributed by atoms with van der Waals surface area (Å²) in [5, 5.41) is 0. The van der Waals surface area contributed by atoms with Gasteiger partial charge in [0.1, 0.15) is 0 Å². The number of rotatable bonds is 2. The maximum absolute atomic E-state index is 5.17. The van der Waals surface area contributed by atoms with Crippen molar-refractivity contribution in [2.75, 3.05) is 13.2 Å². The molecule has 2 nitrogen and oxygen atoms in total. The maximum atomic E-state index is 5.17. The summed E-state index contributed by atoms with van der Waals surface area (Å²) in [5.74, 6) is 0. The Kier molecular flexibility index (Phi) is 18.6. The first-order chi connectivity index (χ1) is 3.93. The molecule has 0 unspecified atom stereocenters. The van der Waals surface area contributed by atoms with Crippen molar-refractivity contribution < 1.29 is 34.3 Å². The molecule has 0 aromatic rings. The van der Waals surface area contributed by atoms with Crippen LogP contribution < -0.4 is 24.8 Å². The van der Waals surface area contributed by atoms with Crippen molar-refractivity contribution >= 4 is 23.1 Å². The summed E-state index contributed by atoms with van der Waals surface area (Å²) >= 11 is 0. The fourth-order valence-electron chi connectivity index (χ4n) is 0.810. The first kappa shape index (κ1) is 18.1. The Bertz CT molecular complexity index is 69.6. The van der Waals surface area contributed by atoms with Gasteiger partial charge in [-0.05, 0) is 6.42 Å². The van der Waals surface area contributed by atoms with E-state index in [2.05, 4.69) is 6.92 Å². The molecule has 0 saturated carbocycles. The molecule has 1 aliphatic rings. The van der Waals surface area contributed by atoms with Gasteiger partial charge in [-0.15, -0.1) is 0 Å². The molecule has 0 atom stereocenters. The zero-order valence-electron chi connectivity index (χ0n) is 6.69. The van der Waals surface area contributed by atoms with E-state index in [1.807, 2.05) is 0 Å². The molecule has 0 amide bonds. The maximum Gasteiger partial charge on any atom is 2.00 e. The summed E-state index contributed by atoms with van der Waals surface area (Å²) in [6, 6.07) is 0. The summed E-state index contributed by atoms with van der Waals surface area (Å²) in [6.07, 6.45) is 2.30. The summed E-state index contributed by atoms with van der Waals surface area (Å²) in [7, 11) is 0. The molecular formula is C6H12Cl2MgO2. The standard InChI is InChI=1S/C6H12O2.2ClH.Mg/c1-2-3-6-7-4-5-8-6;;;/h6H,2-5H2,1H3;2*1H;/q;;;+2/p-2. The van der Waals surface area contributed by atoms with Gasteiger partial charge in [0.05, 0.1) is 13.2 Å². The van der Waals surface area contributed by atoms with Crippen LogP contribution in [0.2, 0.25) is 0 Å². The molecule has 0 radical (unpaired) electrons. The van der Waals surface area contributed by atoms with E-state index in [4.69, 9.17) is 9.47 Å². The van der Waals surface area contributed by atoms with Gasteiger partial charge in [-0.25, -0.2) is 0 Å². The van der Waals surface area contributed by atoms with E-state index in [-0.39, 0.29) is 54.2 Å². The van der Waals surface area contributed by atoms with Crippen LogP contribution in [0.5, 0.6) is 0 Å². The second-order valence-corrected chi connectivity index (χ2v) is 1.96. The van der Waals surface area contributed by atoms with Crippen molar-refractivity contribution in [2.24, 2.45) is 0 Å². The predicted molar refractivity (Wildman–Crippen MR) is 36.4 cm³/mol. The van der Waals surface area contributed by atoms with Gasteiger partial charge in [-0.1, -0.05) is 13.3 Å². The Morgan fingerprint density at radius 1 is 1.18 bits per heavy atom. The summed E-state index contributed by atoms with van der Waals surface area (Å²) in [5.41, 5.74) is 0. The van der Waals surface area contributed by atoms with Crippen molar-refractivity contribution in [3.05, 3.63) is 0 Å². The van der Waals surface area contributed by atoms with Gasteiger partial charge in [0.25, 0.3) is 0 Å². The molecule has 5 heteroatoms. The van der Waals surface area contributed by atoms with Crippen LogP contribution in [-0.2, 0) is 9.47 Å². The molecule has 11 heavy (non-hydrogen) atoms. The Balaban J connectivity index is -0.000000213. The molecule has 0 bridgehead atoms. The van der Waals surface area contributed by atoms with Gasteiger partial charge in [-0.2, -0.15) is 0 Å². The van der Waals surface area contributed by atoms with Gasteiger partial charge in [0, 0.05) is 0 Å². The molecule has 0 N–H and O–H groups in total. The van der Waals surface area contributed by atoms with E-state index < -0.39 is 0 Å². The van der Waals surface area contributed by atoms with Crippen molar-refractivity contribution in [1.82, 2.24) is 0 Å². The minimum atomic E-state index is 0. The third-order valence-electron chi connectivity index (χ3n) is 1.22. The molecule has 1 heterocycles. The van der Waals surface area contributed by atoms with Crippen molar-refractivity contribution in [1.29, 1.82) is 0 Å². The van der Waals surface area contributed by atoms with Gasteiger partial charge in [0.15, 0.2) is 6.29 Å². The molecule has 0 aromatic heterocycles. The van der Waals surface area contributed by atoms with Crippen molar-refractivity contribution in [3.63, 3.8) is 0 Å². The van der Waals surface area contributed by atoms with Crippen LogP contribution in [0.15, 0.2) is 0 Å². The monoisotopic (exact) mass is 210 g/mol. The molecular weight excluding hydrogens is 199 g/mol. The number of ether oxygens (including phenoxy) is 2. The van der Waals surface area contributed by atoms with Crippen LogP contribution in [-0.4, -0.2) is 42.6 Å². The molecule has 1 fully saturated rings. The average molecular weight is 211 g/mol. The summed E-state index contributed by atoms with van der Waals surface area (Å²) in [6.45, 7) is 3.69. The normalized spacial score (nSPS) is 16.1. The van der Waals surface area contributed by atoms with Crippen LogP contribution in [0.3, 0.4) is 0 Å². The Morgan fingerprint density at radius 2 is 1.64 bits per heavy atom. The molecule has 1 rings (SSSR count). The van der Waals surface area contributed by atoms with E-state index in [9.17, 15) is 0 Å². The molecule has 0 aromatic carbocycles. The third-order valence-corrected chi connectivity index (χ3v) is 1.22. The Labute approximate surface area is 96.4 Å². The minimum absolute atomic E-state index is 0. The first-order valence-electron chi connectivity index (χ1n) is 3.16. The van der Waals surface area contributed by atoms with Gasteiger partial charge in [-0.3, -0.25) is 0 Å². The van der Waals surface area contributed by atoms with Gasteiger partial charge >= 0.3 is 23.1 Å². The predicted octanol–water partition coefficient (Wildman–Crippen LogP) is -5.21. The number of hydrogen-bond donors (Lipinski definition) is 0. The molecule has 1 aliphatic heterocycles. The minimum Gasteiger partial charge on any atom is -1.00 e. The van der Waals surface area contributed by atoms with Crippen LogP contribution in [0.4, 0.5) is 0 Å². The van der Waals surface area contributed by atoms with Crippen LogP contribution >= 0.6 is 0 Å². The van der Waals surface area contributed by atoms with E-state index in [0.717, 1.165) is 26.1 Å². The SMILES string of the molecule is CCCC1OCCO1.[Cl-].[Cl-].[Mg+2]. The molecule has 0 spiro atoms. The molecule has 1 saturated heterocycles. The number of halogens is 2. The fourth-order valence-corrected chi connectivity index (χ4v) is 0.810. The van der Waals surface area contributed by atoms with Gasteiger partial charge in [0.2, 0.25) is 0 Å². The first-order valence-corrected chi connectivity index (χ1v) is 3.16. The van der Waals surface area contributed by atoms with Crippen molar-refractivity contribution in [3.8, 4) is 0 Å². The molecule has 0 aliphatic carbocycles. The smallest absolute Gasteiger partial charge is 1.00 e. The molecule has 64 valence electrons. The topological polar surface area (TPSA) is 18.5 Å². The Hall–Kier alpha value is 1.27. The van der Waals surface area contributed by atoms with Gasteiger partial charge < -0.3 is 34.3 Å². The zero-order chi connectivity index (χ0) is 5.82. The van der Waals surface area contributed by atoms with Crippen LogP contribution in [0, 0.1) is 0 Å². The summed E-state index contributed by atoms with van der Waals surface area (Å²) < 4.78 is 10.3. The van der Waals surface area contributed by atoms with Crippen LogP contribution in [0.1, 0.15) is 19.8 Å². The second-order valence-electron chi connectivity index (χ2n) is 1.96. The zero-order valence-corrected chi connectivity index (χ0v) is 9.61. The van der Waals surface area contributed by atoms with Crippen molar-refractivity contribution in [2.45, 2.75) is 26.1 Å². The van der Waals surface area contributed by atoms with E-state index in [0.29, 0.717) is 0 Å². The fraction of sp³-hybridized carbons (Fsp3) is 1.00. The number of hydrogen-bond acceptors (Lipinski definition) is 2.